The van der Waals surface area contributed by atoms with Crippen LogP contribution in [0.1, 0.15) is 37.9 Å². The van der Waals surface area contributed by atoms with E-state index >= 15 is 4.39 Å². The van der Waals surface area contributed by atoms with Crippen molar-refractivity contribution >= 4 is 39.1 Å². The number of aromatic hydroxyl groups is 1. The van der Waals surface area contributed by atoms with Gasteiger partial charge in [0.15, 0.2) is 5.82 Å². The van der Waals surface area contributed by atoms with E-state index in [9.17, 15) is 9.50 Å². The van der Waals surface area contributed by atoms with E-state index < -0.39 is 17.5 Å². The minimum atomic E-state index is -0.904. The van der Waals surface area contributed by atoms with E-state index in [0.29, 0.717) is 51.6 Å². The summed E-state index contributed by atoms with van der Waals surface area (Å²) in [7, 11) is 0. The summed E-state index contributed by atoms with van der Waals surface area (Å²) in [6, 6.07) is 8.94. The monoisotopic (exact) mass is 586 g/mol. The molecule has 10 heteroatoms. The van der Waals surface area contributed by atoms with Crippen LogP contribution in [0, 0.1) is 17.7 Å². The van der Waals surface area contributed by atoms with Crippen molar-refractivity contribution in [3.05, 3.63) is 53.2 Å². The van der Waals surface area contributed by atoms with Gasteiger partial charge in [-0.1, -0.05) is 29.7 Å². The molecule has 2 bridgehead atoms. The highest BCUT2D eigenvalue weighted by molar-refractivity contribution is 6.36. The first kappa shape index (κ1) is 26.1. The molecule has 4 aromatic rings. The molecule has 9 rings (SSSR count). The first-order chi connectivity index (χ1) is 20.4. The number of phenols is 1. The number of pyridine rings is 1. The van der Waals surface area contributed by atoms with Gasteiger partial charge in [-0.15, -0.1) is 0 Å². The maximum absolute atomic E-state index is 16.7. The molecule has 42 heavy (non-hydrogen) atoms. The smallest absolute Gasteiger partial charge is 0.207 e. The van der Waals surface area contributed by atoms with Crippen molar-refractivity contribution in [1.82, 2.24) is 25.2 Å². The minimum Gasteiger partial charge on any atom is -0.508 e. The zero-order valence-electron chi connectivity index (χ0n) is 22.9. The Hall–Kier alpha value is -3.58. The highest BCUT2D eigenvalue weighted by Gasteiger charge is 2.47. The van der Waals surface area contributed by atoms with Crippen molar-refractivity contribution in [3.63, 3.8) is 0 Å². The molecular formula is C32H29ClF2N6O. The number of nitrogens with one attached hydrogen (secondary N) is 1. The van der Waals surface area contributed by atoms with Gasteiger partial charge in [0.25, 0.3) is 0 Å². The minimum absolute atomic E-state index is 0.0176. The van der Waals surface area contributed by atoms with E-state index in [1.807, 2.05) is 6.07 Å². The molecule has 7 heterocycles. The van der Waals surface area contributed by atoms with Crippen LogP contribution in [0.25, 0.3) is 32.9 Å². The molecule has 0 unspecified atom stereocenters. The third kappa shape index (κ3) is 4.11. The first-order valence-corrected chi connectivity index (χ1v) is 15.0. The number of halogens is 3. The Bertz CT molecular complexity index is 1820. The van der Waals surface area contributed by atoms with E-state index in [2.05, 4.69) is 36.9 Å². The van der Waals surface area contributed by atoms with Crippen molar-refractivity contribution in [2.45, 2.75) is 55.9 Å². The predicted octanol–water partition coefficient (Wildman–Crippen LogP) is 5.21. The third-order valence-corrected chi connectivity index (χ3v) is 9.77. The summed E-state index contributed by atoms with van der Waals surface area (Å²) in [4.78, 5) is 18.5. The van der Waals surface area contributed by atoms with Gasteiger partial charge in [0, 0.05) is 60.3 Å². The molecule has 7 nitrogen and oxygen atoms in total. The lowest BCUT2D eigenvalue weighted by Gasteiger charge is -2.46. The largest absolute Gasteiger partial charge is 0.508 e. The summed E-state index contributed by atoms with van der Waals surface area (Å²) in [5.41, 5.74) is 0.0105. The lowest BCUT2D eigenvalue weighted by molar-refractivity contribution is 0.255. The van der Waals surface area contributed by atoms with Gasteiger partial charge in [-0.3, -0.25) is 9.88 Å². The number of fused-ring (bicyclic) bond motifs is 6. The van der Waals surface area contributed by atoms with E-state index in [4.69, 9.17) is 16.6 Å². The molecule has 0 spiro atoms. The van der Waals surface area contributed by atoms with Crippen molar-refractivity contribution < 1.29 is 13.9 Å². The quantitative estimate of drug-likeness (QED) is 0.312. The molecule has 5 aliphatic heterocycles. The number of piperazine rings is 1. The van der Waals surface area contributed by atoms with E-state index in [-0.39, 0.29) is 28.8 Å². The lowest BCUT2D eigenvalue weighted by atomic mass is 9.92. The van der Waals surface area contributed by atoms with Crippen molar-refractivity contribution in [2.75, 3.05) is 31.1 Å². The summed E-state index contributed by atoms with van der Waals surface area (Å²) in [5.74, 6) is 6.66. The fraction of sp³-hybridized carbons (Fsp3) is 0.406. The molecule has 2 N–H and O–H groups in total. The molecule has 2 aromatic heterocycles. The van der Waals surface area contributed by atoms with Gasteiger partial charge in [0.05, 0.1) is 10.9 Å². The van der Waals surface area contributed by atoms with Crippen LogP contribution in [0.15, 0.2) is 36.5 Å². The summed E-state index contributed by atoms with van der Waals surface area (Å²) in [6.07, 6.45) is 4.96. The van der Waals surface area contributed by atoms with Gasteiger partial charge in [0.2, 0.25) is 5.82 Å². The second kappa shape index (κ2) is 9.73. The van der Waals surface area contributed by atoms with Crippen LogP contribution in [0.3, 0.4) is 0 Å². The molecular weight excluding hydrogens is 558 g/mol. The zero-order valence-corrected chi connectivity index (χ0v) is 23.6. The predicted molar refractivity (Wildman–Crippen MR) is 159 cm³/mol. The van der Waals surface area contributed by atoms with Crippen LogP contribution < -0.4 is 10.2 Å². The second-order valence-electron chi connectivity index (χ2n) is 12.0. The van der Waals surface area contributed by atoms with Crippen LogP contribution in [-0.4, -0.2) is 74.9 Å². The molecule has 4 atom stereocenters. The third-order valence-electron chi connectivity index (χ3n) is 9.46. The van der Waals surface area contributed by atoms with Gasteiger partial charge < -0.3 is 15.3 Å². The Morgan fingerprint density at radius 3 is 2.88 bits per heavy atom. The van der Waals surface area contributed by atoms with Crippen LogP contribution in [0.4, 0.5) is 14.6 Å². The van der Waals surface area contributed by atoms with E-state index in [1.54, 1.807) is 24.4 Å². The Kier molecular flexibility index (Phi) is 6.04. The summed E-state index contributed by atoms with van der Waals surface area (Å²) in [5, 5.41) is 16.2. The van der Waals surface area contributed by atoms with Gasteiger partial charge in [-0.25, -0.2) is 18.7 Å². The number of nitrogens with zero attached hydrogens (tertiary/aromatic N) is 5. The zero-order chi connectivity index (χ0) is 28.6. The molecule has 0 radical (unpaired) electrons. The first-order valence-electron chi connectivity index (χ1n) is 14.6. The summed E-state index contributed by atoms with van der Waals surface area (Å²) < 4.78 is 31.1. The summed E-state index contributed by atoms with van der Waals surface area (Å²) >= 11 is 6.56. The molecule has 0 saturated carbocycles. The Balaban J connectivity index is 1.33. The van der Waals surface area contributed by atoms with Crippen LogP contribution >= 0.6 is 11.6 Å². The van der Waals surface area contributed by atoms with E-state index in [0.717, 1.165) is 45.3 Å². The van der Waals surface area contributed by atoms with Gasteiger partial charge in [-0.2, -0.15) is 0 Å². The van der Waals surface area contributed by atoms with E-state index in [1.165, 1.54) is 6.07 Å². The molecule has 214 valence electrons. The van der Waals surface area contributed by atoms with Crippen LogP contribution in [0.2, 0.25) is 5.02 Å². The Morgan fingerprint density at radius 1 is 1.17 bits per heavy atom. The van der Waals surface area contributed by atoms with Crippen molar-refractivity contribution in [2.24, 2.45) is 0 Å². The normalized spacial score (nSPS) is 27.0. The maximum atomic E-state index is 16.7. The number of benzene rings is 2. The number of rotatable bonds is 2. The second-order valence-corrected chi connectivity index (χ2v) is 12.4. The Labute approximate surface area is 246 Å². The number of anilines is 1. The number of hydrogen-bond acceptors (Lipinski definition) is 7. The standard InChI is InChI=1S/C32H29ClF2N6O/c33-25-4-1-3-18-11-22(42)12-23(27(18)25)29-28(35)30-24(15-37-29)31(41-17-20-5-6-21(41)14-36-20)39-26(38-30)7-9-32-8-2-10-40(32)16-19(34)13-32/h1,3-4,11-12,15,19-21,36,42H,2,5-6,8,10,13-14,16-17H2/t19-,20-,21-,32-/m1/s1. The molecule has 0 aliphatic carbocycles. The van der Waals surface area contributed by atoms with Gasteiger partial charge in [0.1, 0.15) is 28.9 Å². The fourth-order valence-electron chi connectivity index (χ4n) is 7.49. The highest BCUT2D eigenvalue weighted by atomic mass is 35.5. The molecule has 5 aliphatic rings. The van der Waals surface area contributed by atoms with Crippen molar-refractivity contribution in [3.8, 4) is 28.8 Å². The summed E-state index contributed by atoms with van der Waals surface area (Å²) in [6.45, 7) is 2.80. The molecule has 5 saturated heterocycles. The topological polar surface area (TPSA) is 77.4 Å². The number of phenolic OH excluding ortho intramolecular Hbond substituents is 1. The molecule has 0 amide bonds. The fourth-order valence-corrected chi connectivity index (χ4v) is 7.78. The van der Waals surface area contributed by atoms with Crippen molar-refractivity contribution in [1.29, 1.82) is 0 Å². The maximum Gasteiger partial charge on any atom is 0.207 e. The van der Waals surface area contributed by atoms with Crippen LogP contribution in [0.5, 0.6) is 5.75 Å². The molecule has 5 fully saturated rings. The van der Waals surface area contributed by atoms with Crippen LogP contribution in [-0.2, 0) is 0 Å². The number of aromatic nitrogens is 3. The lowest BCUT2D eigenvalue weighted by Crippen LogP contribution is -2.61. The number of alkyl halides is 1. The molecule has 2 aromatic carbocycles. The van der Waals surface area contributed by atoms with Gasteiger partial charge in [-0.05, 0) is 61.7 Å². The van der Waals surface area contributed by atoms with Gasteiger partial charge >= 0.3 is 0 Å². The number of piperidine rings is 2. The highest BCUT2D eigenvalue weighted by Crippen LogP contribution is 2.41. The SMILES string of the molecule is Oc1cc(-c2ncc3c(N4C[C@H]5CC[C@@H]4CN5)nc(C#C[C@@]45CCCN4C[C@H](F)C5)nc3c2F)c2c(Cl)cccc2c1. The average molecular weight is 587 g/mol. The average Bonchev–Trinajstić information content (AvgIpc) is 3.52. The Morgan fingerprint density at radius 2 is 2.07 bits per heavy atom. The number of hydrogen-bond donors (Lipinski definition) is 2.